The Hall–Kier alpha value is -2.21. The van der Waals surface area contributed by atoms with Crippen LogP contribution in [-0.4, -0.2) is 45.7 Å². The number of rotatable bonds is 2. The molecule has 6 heteroatoms. The fraction of sp³-hybridized carbons (Fsp3) is 0.500. The molecule has 1 aromatic carbocycles. The molecule has 2 heterocycles. The Morgan fingerprint density at radius 3 is 3.00 bits per heavy atom. The van der Waals surface area contributed by atoms with E-state index < -0.39 is 0 Å². The van der Waals surface area contributed by atoms with Crippen LogP contribution in [0.2, 0.25) is 0 Å². The number of morpholine rings is 1. The van der Waals surface area contributed by atoms with Crippen molar-refractivity contribution in [3.05, 3.63) is 40.9 Å². The quantitative estimate of drug-likeness (QED) is 0.840. The third-order valence-corrected chi connectivity index (χ3v) is 5.09. The Balaban J connectivity index is 1.57. The second-order valence-corrected chi connectivity index (χ2v) is 6.54. The minimum atomic E-state index is -0.164. The summed E-state index contributed by atoms with van der Waals surface area (Å²) in [5.74, 6) is -0.0191. The van der Waals surface area contributed by atoms with E-state index in [2.05, 4.69) is 4.98 Å². The molecule has 2 aliphatic rings. The van der Waals surface area contributed by atoms with Crippen molar-refractivity contribution in [3.8, 4) is 0 Å². The average Bonchev–Trinajstić information content (AvgIpc) is 2.63. The summed E-state index contributed by atoms with van der Waals surface area (Å²) >= 11 is 0. The summed E-state index contributed by atoms with van der Waals surface area (Å²) < 4.78 is 7.23. The van der Waals surface area contributed by atoms with Gasteiger partial charge in [0.1, 0.15) is 6.54 Å². The smallest absolute Gasteiger partial charge is 0.261 e. The van der Waals surface area contributed by atoms with Gasteiger partial charge in [0.25, 0.3) is 5.56 Å². The highest BCUT2D eigenvalue weighted by molar-refractivity contribution is 5.79. The van der Waals surface area contributed by atoms with Gasteiger partial charge < -0.3 is 9.64 Å². The number of aromatic nitrogens is 2. The zero-order valence-corrected chi connectivity index (χ0v) is 13.6. The van der Waals surface area contributed by atoms with Crippen molar-refractivity contribution in [1.82, 2.24) is 14.5 Å². The first-order valence-corrected chi connectivity index (χ1v) is 8.59. The lowest BCUT2D eigenvalue weighted by Crippen LogP contribution is -2.55. The van der Waals surface area contributed by atoms with Gasteiger partial charge in [-0.3, -0.25) is 14.2 Å². The van der Waals surface area contributed by atoms with Gasteiger partial charge in [0.2, 0.25) is 5.91 Å². The number of benzene rings is 1. The SMILES string of the molecule is O=C(Cn1cnc2ccccc2c1=O)N1CCO[C@H]2CCCC[C@H]21. The number of fused-ring (bicyclic) bond motifs is 2. The van der Waals surface area contributed by atoms with Gasteiger partial charge in [-0.1, -0.05) is 25.0 Å². The van der Waals surface area contributed by atoms with E-state index in [1.165, 1.54) is 10.9 Å². The van der Waals surface area contributed by atoms with Gasteiger partial charge in [0.05, 0.1) is 36.0 Å². The van der Waals surface area contributed by atoms with Crippen molar-refractivity contribution in [2.75, 3.05) is 13.2 Å². The standard InChI is InChI=1S/C18H21N3O3/c22-17(21-9-10-24-16-8-4-3-7-15(16)21)11-20-12-19-14-6-2-1-5-13(14)18(20)23/h1-2,5-6,12,15-16H,3-4,7-11H2/t15-,16+/m1/s1. The first-order chi connectivity index (χ1) is 11.7. The molecule has 4 rings (SSSR count). The summed E-state index contributed by atoms with van der Waals surface area (Å²) in [7, 11) is 0. The normalized spacial score (nSPS) is 23.9. The summed E-state index contributed by atoms with van der Waals surface area (Å²) in [6, 6.07) is 7.37. The molecular formula is C18H21N3O3. The molecule has 1 aromatic heterocycles. The molecule has 0 radical (unpaired) electrons. The maximum Gasteiger partial charge on any atom is 0.261 e. The number of hydrogen-bond donors (Lipinski definition) is 0. The summed E-state index contributed by atoms with van der Waals surface area (Å²) in [5.41, 5.74) is 0.493. The molecule has 2 fully saturated rings. The average molecular weight is 327 g/mol. The van der Waals surface area contributed by atoms with E-state index >= 15 is 0 Å². The van der Waals surface area contributed by atoms with E-state index in [-0.39, 0.29) is 30.2 Å². The molecule has 6 nitrogen and oxygen atoms in total. The maximum atomic E-state index is 12.8. The first-order valence-electron chi connectivity index (χ1n) is 8.59. The number of carbonyl (C=O) groups excluding carboxylic acids is 1. The van der Waals surface area contributed by atoms with E-state index in [0.29, 0.717) is 24.1 Å². The van der Waals surface area contributed by atoms with Gasteiger partial charge in [-0.15, -0.1) is 0 Å². The zero-order valence-electron chi connectivity index (χ0n) is 13.6. The van der Waals surface area contributed by atoms with Crippen LogP contribution in [0.4, 0.5) is 0 Å². The number of hydrogen-bond acceptors (Lipinski definition) is 4. The molecule has 2 atom stereocenters. The van der Waals surface area contributed by atoms with E-state index in [1.807, 2.05) is 17.0 Å². The Morgan fingerprint density at radius 1 is 1.25 bits per heavy atom. The topological polar surface area (TPSA) is 64.4 Å². The number of carbonyl (C=O) groups is 1. The van der Waals surface area contributed by atoms with Gasteiger partial charge in [-0.25, -0.2) is 4.98 Å². The summed E-state index contributed by atoms with van der Waals surface area (Å²) in [6.45, 7) is 1.23. The van der Waals surface area contributed by atoms with Crippen LogP contribution < -0.4 is 5.56 Å². The Bertz CT molecular complexity index is 815. The first kappa shape index (κ1) is 15.3. The molecule has 24 heavy (non-hydrogen) atoms. The van der Waals surface area contributed by atoms with Gasteiger partial charge in [0, 0.05) is 6.54 Å². The maximum absolute atomic E-state index is 12.8. The lowest BCUT2D eigenvalue weighted by Gasteiger charge is -2.43. The number of amides is 1. The zero-order chi connectivity index (χ0) is 16.5. The van der Waals surface area contributed by atoms with Crippen LogP contribution in [0.1, 0.15) is 25.7 Å². The van der Waals surface area contributed by atoms with Crippen molar-refractivity contribution in [2.45, 2.75) is 44.4 Å². The lowest BCUT2D eigenvalue weighted by molar-refractivity contribution is -0.150. The number of ether oxygens (including phenoxy) is 1. The van der Waals surface area contributed by atoms with E-state index in [4.69, 9.17) is 4.74 Å². The largest absolute Gasteiger partial charge is 0.374 e. The molecule has 1 aliphatic carbocycles. The van der Waals surface area contributed by atoms with Crippen molar-refractivity contribution >= 4 is 16.8 Å². The fourth-order valence-electron chi connectivity index (χ4n) is 3.86. The van der Waals surface area contributed by atoms with Crippen molar-refractivity contribution in [2.24, 2.45) is 0 Å². The third-order valence-electron chi connectivity index (χ3n) is 5.09. The lowest BCUT2D eigenvalue weighted by atomic mass is 9.90. The predicted octanol–water partition coefficient (Wildman–Crippen LogP) is 1.57. The van der Waals surface area contributed by atoms with Crippen molar-refractivity contribution < 1.29 is 9.53 Å². The Kier molecular flexibility index (Phi) is 4.06. The highest BCUT2D eigenvalue weighted by atomic mass is 16.5. The van der Waals surface area contributed by atoms with Gasteiger partial charge >= 0.3 is 0 Å². The molecule has 2 aromatic rings. The van der Waals surface area contributed by atoms with E-state index in [1.54, 1.807) is 12.1 Å². The molecule has 0 spiro atoms. The summed E-state index contributed by atoms with van der Waals surface area (Å²) in [5, 5.41) is 0.547. The van der Waals surface area contributed by atoms with Gasteiger partial charge in [0.15, 0.2) is 0 Å². The van der Waals surface area contributed by atoms with Crippen LogP contribution >= 0.6 is 0 Å². The molecule has 0 unspecified atom stereocenters. The van der Waals surface area contributed by atoms with Crippen LogP contribution in [0.15, 0.2) is 35.4 Å². The number of para-hydroxylation sites is 1. The fourth-order valence-corrected chi connectivity index (χ4v) is 3.86. The molecule has 0 bridgehead atoms. The van der Waals surface area contributed by atoms with Crippen LogP contribution in [0, 0.1) is 0 Å². The molecular weight excluding hydrogens is 306 g/mol. The van der Waals surface area contributed by atoms with Gasteiger partial charge in [-0.05, 0) is 25.0 Å². The highest BCUT2D eigenvalue weighted by Crippen LogP contribution is 2.28. The van der Waals surface area contributed by atoms with Crippen LogP contribution in [-0.2, 0) is 16.1 Å². The Morgan fingerprint density at radius 2 is 2.08 bits per heavy atom. The monoisotopic (exact) mass is 327 g/mol. The second kappa shape index (κ2) is 6.36. The van der Waals surface area contributed by atoms with Crippen LogP contribution in [0.3, 0.4) is 0 Å². The Labute approximate surface area is 140 Å². The van der Waals surface area contributed by atoms with E-state index in [0.717, 1.165) is 25.7 Å². The summed E-state index contributed by atoms with van der Waals surface area (Å²) in [4.78, 5) is 31.6. The molecule has 1 saturated heterocycles. The minimum absolute atomic E-state index is 0.0191. The van der Waals surface area contributed by atoms with Crippen molar-refractivity contribution in [1.29, 1.82) is 0 Å². The molecule has 1 saturated carbocycles. The predicted molar refractivity (Wildman–Crippen MR) is 89.7 cm³/mol. The number of nitrogens with zero attached hydrogens (tertiary/aromatic N) is 3. The van der Waals surface area contributed by atoms with Gasteiger partial charge in [-0.2, -0.15) is 0 Å². The van der Waals surface area contributed by atoms with Crippen LogP contribution in [0.25, 0.3) is 10.9 Å². The highest BCUT2D eigenvalue weighted by Gasteiger charge is 2.36. The minimum Gasteiger partial charge on any atom is -0.374 e. The third kappa shape index (κ3) is 2.71. The van der Waals surface area contributed by atoms with E-state index in [9.17, 15) is 9.59 Å². The molecule has 1 amide bonds. The molecule has 126 valence electrons. The summed E-state index contributed by atoms with van der Waals surface area (Å²) in [6.07, 6.45) is 5.93. The molecule has 1 aliphatic heterocycles. The van der Waals surface area contributed by atoms with Crippen LogP contribution in [0.5, 0.6) is 0 Å². The molecule has 0 N–H and O–H groups in total. The van der Waals surface area contributed by atoms with Crippen molar-refractivity contribution in [3.63, 3.8) is 0 Å². The second-order valence-electron chi connectivity index (χ2n) is 6.54.